The molecule has 8 heteroatoms. The van der Waals surface area contributed by atoms with Crippen LogP contribution in [0, 0.1) is 0 Å². The van der Waals surface area contributed by atoms with Gasteiger partial charge in [-0.3, -0.25) is 0 Å². The van der Waals surface area contributed by atoms with E-state index in [0.717, 1.165) is 5.56 Å². The van der Waals surface area contributed by atoms with E-state index in [1.165, 1.54) is 0 Å². The zero-order valence-corrected chi connectivity index (χ0v) is 17.1. The lowest BCUT2D eigenvalue weighted by Gasteiger charge is -2.13. The van der Waals surface area contributed by atoms with Gasteiger partial charge in [-0.2, -0.15) is 0 Å². The molecule has 0 fully saturated rings. The van der Waals surface area contributed by atoms with E-state index in [9.17, 15) is 9.90 Å². The number of nitrogens with zero attached hydrogens (tertiary/aromatic N) is 2. The summed E-state index contributed by atoms with van der Waals surface area (Å²) in [5, 5.41) is 18.6. The third-order valence-corrected chi connectivity index (χ3v) is 4.43. The zero-order valence-electron chi connectivity index (χ0n) is 17.1. The molecule has 1 heterocycles. The summed E-state index contributed by atoms with van der Waals surface area (Å²) in [7, 11) is 1.61. The first kappa shape index (κ1) is 22.2. The molecule has 0 aliphatic carbocycles. The molecule has 0 aliphatic heterocycles. The molecular weight excluding hydrogens is 400 g/mol. The van der Waals surface area contributed by atoms with E-state index in [0.29, 0.717) is 41.8 Å². The molecule has 0 unspecified atom stereocenters. The van der Waals surface area contributed by atoms with Gasteiger partial charge in [0.15, 0.2) is 11.9 Å². The first-order valence-electron chi connectivity index (χ1n) is 9.73. The molecule has 1 aromatic heterocycles. The van der Waals surface area contributed by atoms with E-state index in [1.807, 2.05) is 24.3 Å². The zero-order chi connectivity index (χ0) is 22.1. The van der Waals surface area contributed by atoms with E-state index in [1.54, 1.807) is 43.6 Å². The van der Waals surface area contributed by atoms with Crippen LogP contribution in [-0.2, 0) is 22.6 Å². The van der Waals surface area contributed by atoms with Crippen molar-refractivity contribution in [1.29, 1.82) is 0 Å². The van der Waals surface area contributed by atoms with Gasteiger partial charge in [-0.1, -0.05) is 30.3 Å². The highest BCUT2D eigenvalue weighted by atomic mass is 16.5. The lowest BCUT2D eigenvalue weighted by molar-refractivity contribution is -0.146. The topological polar surface area (TPSA) is 111 Å². The number of para-hydroxylation sites is 2. The Labute approximate surface area is 180 Å². The predicted molar refractivity (Wildman–Crippen MR) is 113 cm³/mol. The summed E-state index contributed by atoms with van der Waals surface area (Å²) < 4.78 is 16.7. The van der Waals surface area contributed by atoms with Gasteiger partial charge in [0.2, 0.25) is 0 Å². The van der Waals surface area contributed by atoms with Gasteiger partial charge in [0.05, 0.1) is 17.9 Å². The number of carboxylic acids is 1. The van der Waals surface area contributed by atoms with Crippen LogP contribution >= 0.6 is 0 Å². The second-order valence-corrected chi connectivity index (χ2v) is 6.66. The van der Waals surface area contributed by atoms with Gasteiger partial charge in [-0.15, -0.1) is 0 Å². The van der Waals surface area contributed by atoms with Crippen molar-refractivity contribution < 1.29 is 29.2 Å². The van der Waals surface area contributed by atoms with Crippen LogP contribution < -0.4 is 9.47 Å². The molecule has 8 nitrogen and oxygen atoms in total. The number of hydrogen-bond donors (Lipinski definition) is 2. The number of ether oxygens (including phenoxy) is 3. The van der Waals surface area contributed by atoms with Crippen molar-refractivity contribution in [3.05, 3.63) is 72.1 Å². The smallest absolute Gasteiger partial charge is 0.332 e. The molecule has 3 rings (SSSR count). The predicted octanol–water partition coefficient (Wildman–Crippen LogP) is 2.74. The maximum atomic E-state index is 11.0. The average Bonchev–Trinajstić information content (AvgIpc) is 2.79. The summed E-state index contributed by atoms with van der Waals surface area (Å²) in [5.74, 6) is 0.377. The van der Waals surface area contributed by atoms with Gasteiger partial charge in [0.25, 0.3) is 0 Å². The maximum Gasteiger partial charge on any atom is 0.332 e. The highest BCUT2D eigenvalue weighted by Crippen LogP contribution is 2.27. The molecule has 0 aliphatic rings. The summed E-state index contributed by atoms with van der Waals surface area (Å²) in [4.78, 5) is 19.9. The molecule has 1 atom stereocenters. The van der Waals surface area contributed by atoms with Crippen molar-refractivity contribution in [1.82, 2.24) is 9.97 Å². The number of carbonyl (C=O) groups is 1. The van der Waals surface area contributed by atoms with Crippen LogP contribution in [0.15, 0.2) is 60.8 Å². The number of carboxylic acid groups (broad SMARTS) is 1. The Kier molecular flexibility index (Phi) is 7.91. The second kappa shape index (κ2) is 11.1. The molecule has 0 radical (unpaired) electrons. The highest BCUT2D eigenvalue weighted by Gasteiger charge is 2.16. The Balaban J connectivity index is 1.74. The standard InChI is InChI=1S/C23H24N2O6/c1-29-12-13-30-21-9-5-3-7-18(21)22-24-11-10-17(25-22)15-31-20-8-4-2-6-16(20)14-19(26)23(27)28/h2-11,19,26H,12-15H2,1H3,(H,27,28)/t19-/m1/s1. The van der Waals surface area contributed by atoms with E-state index in [-0.39, 0.29) is 13.0 Å². The number of methoxy groups -OCH3 is 1. The van der Waals surface area contributed by atoms with Crippen molar-refractivity contribution in [2.45, 2.75) is 19.1 Å². The Morgan fingerprint density at radius 2 is 1.74 bits per heavy atom. The van der Waals surface area contributed by atoms with Crippen LogP contribution in [0.1, 0.15) is 11.3 Å². The molecule has 31 heavy (non-hydrogen) atoms. The first-order chi connectivity index (χ1) is 15.1. The number of rotatable bonds is 11. The van der Waals surface area contributed by atoms with E-state index < -0.39 is 12.1 Å². The molecule has 0 amide bonds. The highest BCUT2D eigenvalue weighted by molar-refractivity contribution is 5.72. The summed E-state index contributed by atoms with van der Waals surface area (Å²) in [6.45, 7) is 1.04. The number of aliphatic hydroxyl groups excluding tert-OH is 1. The maximum absolute atomic E-state index is 11.0. The lowest BCUT2D eigenvalue weighted by Crippen LogP contribution is -2.22. The first-order valence-corrected chi connectivity index (χ1v) is 9.73. The summed E-state index contributed by atoms with van der Waals surface area (Å²) >= 11 is 0. The molecule has 0 spiro atoms. The Hall–Kier alpha value is -3.49. The Morgan fingerprint density at radius 3 is 2.52 bits per heavy atom. The number of aliphatic hydroxyl groups is 1. The van der Waals surface area contributed by atoms with Gasteiger partial charge in [-0.25, -0.2) is 14.8 Å². The van der Waals surface area contributed by atoms with E-state index in [2.05, 4.69) is 9.97 Å². The van der Waals surface area contributed by atoms with Crippen LogP contribution in [0.25, 0.3) is 11.4 Å². The van der Waals surface area contributed by atoms with Gasteiger partial charge >= 0.3 is 5.97 Å². The van der Waals surface area contributed by atoms with Crippen molar-refractivity contribution in [2.75, 3.05) is 20.3 Å². The van der Waals surface area contributed by atoms with Crippen molar-refractivity contribution in [3.8, 4) is 22.9 Å². The summed E-state index contributed by atoms with van der Waals surface area (Å²) in [6.07, 6.45) is 0.102. The largest absolute Gasteiger partial charge is 0.490 e. The number of aromatic nitrogens is 2. The molecular formula is C23H24N2O6. The molecule has 3 aromatic rings. The van der Waals surface area contributed by atoms with Crippen molar-refractivity contribution in [3.63, 3.8) is 0 Å². The number of aliphatic carboxylic acids is 1. The molecule has 2 aromatic carbocycles. The summed E-state index contributed by atoms with van der Waals surface area (Å²) in [5.41, 5.74) is 2.00. The fourth-order valence-corrected chi connectivity index (χ4v) is 2.88. The SMILES string of the molecule is COCCOc1ccccc1-c1nccc(COc2ccccc2C[C@@H](O)C(=O)O)n1. The quantitative estimate of drug-likeness (QED) is 0.452. The minimum atomic E-state index is -1.50. The number of benzene rings is 2. The van der Waals surface area contributed by atoms with Crippen LogP contribution in [0.5, 0.6) is 11.5 Å². The van der Waals surface area contributed by atoms with Crippen LogP contribution in [0.3, 0.4) is 0 Å². The second-order valence-electron chi connectivity index (χ2n) is 6.66. The van der Waals surface area contributed by atoms with Gasteiger partial charge in [0, 0.05) is 19.7 Å². The van der Waals surface area contributed by atoms with Crippen LogP contribution in [0.4, 0.5) is 0 Å². The normalized spacial score (nSPS) is 11.7. The third kappa shape index (κ3) is 6.24. The van der Waals surface area contributed by atoms with Gasteiger partial charge in [0.1, 0.15) is 24.7 Å². The number of hydrogen-bond acceptors (Lipinski definition) is 7. The minimum Gasteiger partial charge on any atom is -0.490 e. The third-order valence-electron chi connectivity index (χ3n) is 4.43. The van der Waals surface area contributed by atoms with E-state index >= 15 is 0 Å². The summed E-state index contributed by atoms with van der Waals surface area (Å²) in [6, 6.07) is 16.2. The van der Waals surface area contributed by atoms with Gasteiger partial charge in [-0.05, 0) is 29.8 Å². The Morgan fingerprint density at radius 1 is 1.00 bits per heavy atom. The Bertz CT molecular complexity index is 1010. The van der Waals surface area contributed by atoms with E-state index in [4.69, 9.17) is 19.3 Å². The molecule has 0 bridgehead atoms. The molecule has 0 saturated heterocycles. The molecule has 0 saturated carbocycles. The average molecular weight is 424 g/mol. The van der Waals surface area contributed by atoms with Crippen LogP contribution in [0.2, 0.25) is 0 Å². The molecule has 2 N–H and O–H groups in total. The minimum absolute atomic E-state index is 0.0489. The fraction of sp³-hybridized carbons (Fsp3) is 0.261. The van der Waals surface area contributed by atoms with Crippen LogP contribution in [-0.4, -0.2) is 52.6 Å². The fourth-order valence-electron chi connectivity index (χ4n) is 2.88. The van der Waals surface area contributed by atoms with Gasteiger partial charge < -0.3 is 24.4 Å². The molecule has 162 valence electrons. The van der Waals surface area contributed by atoms with Crippen molar-refractivity contribution >= 4 is 5.97 Å². The monoisotopic (exact) mass is 424 g/mol. The lowest BCUT2D eigenvalue weighted by atomic mass is 10.1. The van der Waals surface area contributed by atoms with Crippen molar-refractivity contribution in [2.24, 2.45) is 0 Å².